The smallest absolute Gasteiger partial charge is 0.260 e. The number of halogens is 2. The molecule has 0 radical (unpaired) electrons. The van der Waals surface area contributed by atoms with Crippen LogP contribution in [-0.2, 0) is 4.79 Å². The minimum Gasteiger partial charge on any atom is -0.351 e. The van der Waals surface area contributed by atoms with Gasteiger partial charge in [-0.05, 0) is 49.9 Å². The molecule has 0 unspecified atom stereocenters. The summed E-state index contributed by atoms with van der Waals surface area (Å²) in [5.74, 6) is 2.40. The quantitative estimate of drug-likeness (QED) is 0.877. The minimum atomic E-state index is -2.47. The van der Waals surface area contributed by atoms with Gasteiger partial charge in [-0.1, -0.05) is 12.8 Å². The second kappa shape index (κ2) is 6.71. The van der Waals surface area contributed by atoms with Crippen molar-refractivity contribution in [2.24, 2.45) is 23.7 Å². The molecule has 2 saturated carbocycles. The third-order valence-electron chi connectivity index (χ3n) is 7.27. The molecule has 0 bridgehead atoms. The first kappa shape index (κ1) is 17.4. The van der Waals surface area contributed by atoms with E-state index in [1.165, 1.54) is 36.7 Å². The van der Waals surface area contributed by atoms with Gasteiger partial charge >= 0.3 is 0 Å². The molecule has 2 aliphatic heterocycles. The molecule has 4 aliphatic rings. The lowest BCUT2D eigenvalue weighted by atomic mass is 9.86. The topological polar surface area (TPSA) is 63.1 Å². The van der Waals surface area contributed by atoms with Gasteiger partial charge in [0.1, 0.15) is 12.4 Å². The maximum absolute atomic E-state index is 13.5. The van der Waals surface area contributed by atoms with Crippen LogP contribution in [0.1, 0.15) is 51.0 Å². The first-order chi connectivity index (χ1) is 13.1. The van der Waals surface area contributed by atoms with Crippen molar-refractivity contribution in [1.29, 1.82) is 0 Å². The number of fused-ring (bicyclic) bond motifs is 2. The van der Waals surface area contributed by atoms with Crippen LogP contribution in [0.3, 0.4) is 0 Å². The molecule has 5 rings (SSSR count). The number of nitrogens with zero attached hydrogens (tertiary/aromatic N) is 4. The number of nitrogens with one attached hydrogen (secondary N) is 1. The zero-order valence-electron chi connectivity index (χ0n) is 15.4. The van der Waals surface area contributed by atoms with Crippen LogP contribution in [0.5, 0.6) is 0 Å². The van der Waals surface area contributed by atoms with E-state index in [4.69, 9.17) is 0 Å². The van der Waals surface area contributed by atoms with Crippen LogP contribution in [0.4, 0.5) is 14.7 Å². The number of rotatable bonds is 3. The van der Waals surface area contributed by atoms with Gasteiger partial charge in [0.2, 0.25) is 11.9 Å². The SMILES string of the molecule is O=C(C1[C@@H]2CCCC[C@@H]12)N1CCC[C@@H]([C@@H]2C[C@H](C(F)F)n3ncnc3N2)C1. The number of hydrogen-bond donors (Lipinski definition) is 1. The number of likely N-dealkylation sites (tertiary alicyclic amines) is 1. The zero-order chi connectivity index (χ0) is 18.5. The Kier molecular flexibility index (Phi) is 4.31. The average Bonchev–Trinajstić information content (AvgIpc) is 3.22. The molecule has 1 aromatic rings. The third kappa shape index (κ3) is 3.01. The predicted octanol–water partition coefficient (Wildman–Crippen LogP) is 2.94. The van der Waals surface area contributed by atoms with Crippen LogP contribution in [0.25, 0.3) is 0 Å². The highest BCUT2D eigenvalue weighted by Crippen LogP contribution is 2.56. The monoisotopic (exact) mass is 379 g/mol. The summed E-state index contributed by atoms with van der Waals surface area (Å²) >= 11 is 0. The fourth-order valence-corrected chi connectivity index (χ4v) is 5.81. The van der Waals surface area contributed by atoms with Gasteiger partial charge in [0, 0.05) is 25.0 Å². The average molecular weight is 379 g/mol. The molecule has 27 heavy (non-hydrogen) atoms. The van der Waals surface area contributed by atoms with Gasteiger partial charge in [0.15, 0.2) is 0 Å². The molecule has 2 aliphatic carbocycles. The van der Waals surface area contributed by atoms with Crippen LogP contribution >= 0.6 is 0 Å². The van der Waals surface area contributed by atoms with E-state index in [-0.39, 0.29) is 17.9 Å². The van der Waals surface area contributed by atoms with Crippen LogP contribution in [0.15, 0.2) is 6.33 Å². The van der Waals surface area contributed by atoms with Crippen molar-refractivity contribution in [1.82, 2.24) is 19.7 Å². The van der Waals surface area contributed by atoms with Crippen LogP contribution in [0, 0.1) is 23.7 Å². The Morgan fingerprint density at radius 1 is 1.19 bits per heavy atom. The first-order valence-corrected chi connectivity index (χ1v) is 10.4. The fraction of sp³-hybridized carbons (Fsp3) is 0.842. The van der Waals surface area contributed by atoms with Crippen molar-refractivity contribution in [3.8, 4) is 0 Å². The molecule has 6 nitrogen and oxygen atoms in total. The van der Waals surface area contributed by atoms with Gasteiger partial charge in [-0.3, -0.25) is 4.79 Å². The molecule has 1 aromatic heterocycles. The normalized spacial score (nSPS) is 38.1. The number of carbonyl (C=O) groups excluding carboxylic acids is 1. The standard InChI is InChI=1S/C19H27F2N5O/c20-17(21)15-8-14(24-19-22-10-23-26(15)19)11-4-3-7-25(9-11)18(27)16-12-5-1-2-6-13(12)16/h10-17H,1-9H2,(H,22,23,24)/t11-,12-,13-,14+,15-/m1/s1. The molecular formula is C19H27F2N5O. The van der Waals surface area contributed by atoms with E-state index < -0.39 is 12.5 Å². The van der Waals surface area contributed by atoms with Gasteiger partial charge < -0.3 is 10.2 Å². The highest BCUT2D eigenvalue weighted by atomic mass is 19.3. The maximum atomic E-state index is 13.5. The summed E-state index contributed by atoms with van der Waals surface area (Å²) in [6.45, 7) is 1.49. The summed E-state index contributed by atoms with van der Waals surface area (Å²) < 4.78 is 28.4. The molecule has 0 aromatic carbocycles. The highest BCUT2D eigenvalue weighted by molar-refractivity contribution is 5.82. The molecule has 148 valence electrons. The van der Waals surface area contributed by atoms with Crippen molar-refractivity contribution in [2.75, 3.05) is 18.4 Å². The summed E-state index contributed by atoms with van der Waals surface area (Å²) in [5.41, 5.74) is 0. The summed E-state index contributed by atoms with van der Waals surface area (Å²) in [6, 6.07) is -1.02. The van der Waals surface area contributed by atoms with E-state index in [0.29, 0.717) is 36.7 Å². The summed E-state index contributed by atoms with van der Waals surface area (Å²) in [4.78, 5) is 19.2. The van der Waals surface area contributed by atoms with E-state index >= 15 is 0 Å². The zero-order valence-corrected chi connectivity index (χ0v) is 15.4. The summed E-state index contributed by atoms with van der Waals surface area (Å²) in [5, 5.41) is 7.26. The summed E-state index contributed by atoms with van der Waals surface area (Å²) in [6.07, 6.45) is 6.02. The van der Waals surface area contributed by atoms with Gasteiger partial charge in [0.05, 0.1) is 0 Å². The molecule has 3 heterocycles. The predicted molar refractivity (Wildman–Crippen MR) is 95.3 cm³/mol. The number of anilines is 1. The Bertz CT molecular complexity index is 698. The second-order valence-electron chi connectivity index (χ2n) is 8.74. The summed E-state index contributed by atoms with van der Waals surface area (Å²) in [7, 11) is 0. The minimum absolute atomic E-state index is 0.0854. The molecular weight excluding hydrogens is 352 g/mol. The largest absolute Gasteiger partial charge is 0.351 e. The lowest BCUT2D eigenvalue weighted by Gasteiger charge is -2.40. The van der Waals surface area contributed by atoms with Crippen molar-refractivity contribution >= 4 is 11.9 Å². The highest BCUT2D eigenvalue weighted by Gasteiger charge is 2.56. The Morgan fingerprint density at radius 2 is 1.96 bits per heavy atom. The van der Waals surface area contributed by atoms with Crippen LogP contribution in [0.2, 0.25) is 0 Å². The number of carbonyl (C=O) groups is 1. The van der Waals surface area contributed by atoms with E-state index in [1.54, 1.807) is 0 Å². The lowest BCUT2D eigenvalue weighted by Crippen LogP contribution is -2.49. The first-order valence-electron chi connectivity index (χ1n) is 10.4. The third-order valence-corrected chi connectivity index (χ3v) is 7.27. The van der Waals surface area contributed by atoms with Crippen molar-refractivity contribution in [3.05, 3.63) is 6.33 Å². The van der Waals surface area contributed by atoms with E-state index in [1.807, 2.05) is 4.90 Å². The van der Waals surface area contributed by atoms with E-state index in [0.717, 1.165) is 19.4 Å². The van der Waals surface area contributed by atoms with Gasteiger partial charge in [0.25, 0.3) is 6.43 Å². The molecule has 0 spiro atoms. The lowest BCUT2D eigenvalue weighted by molar-refractivity contribution is -0.135. The number of piperidine rings is 1. The van der Waals surface area contributed by atoms with Crippen molar-refractivity contribution in [3.63, 3.8) is 0 Å². The molecule has 3 fully saturated rings. The number of aromatic nitrogens is 3. The van der Waals surface area contributed by atoms with Gasteiger partial charge in [-0.15, -0.1) is 0 Å². The number of alkyl halides is 2. The Morgan fingerprint density at radius 3 is 2.70 bits per heavy atom. The Balaban J connectivity index is 1.27. The molecule has 5 atom stereocenters. The van der Waals surface area contributed by atoms with Crippen LogP contribution < -0.4 is 5.32 Å². The molecule has 1 amide bonds. The Hall–Kier alpha value is -1.73. The van der Waals surface area contributed by atoms with Crippen LogP contribution in [-0.4, -0.2) is 51.1 Å². The second-order valence-corrected chi connectivity index (χ2v) is 8.74. The molecule has 8 heteroatoms. The van der Waals surface area contributed by atoms with Crippen molar-refractivity contribution in [2.45, 2.75) is 63.5 Å². The van der Waals surface area contributed by atoms with Gasteiger partial charge in [-0.25, -0.2) is 13.5 Å². The van der Waals surface area contributed by atoms with Gasteiger partial charge in [-0.2, -0.15) is 10.1 Å². The molecule has 1 saturated heterocycles. The van der Waals surface area contributed by atoms with Crippen molar-refractivity contribution < 1.29 is 13.6 Å². The number of amides is 1. The Labute approximate surface area is 157 Å². The molecule has 1 N–H and O–H groups in total. The van der Waals surface area contributed by atoms with E-state index in [2.05, 4.69) is 15.4 Å². The number of hydrogen-bond acceptors (Lipinski definition) is 4. The fourth-order valence-electron chi connectivity index (χ4n) is 5.81. The maximum Gasteiger partial charge on any atom is 0.260 e. The van der Waals surface area contributed by atoms with E-state index in [9.17, 15) is 13.6 Å².